The number of hydrogen-bond donors (Lipinski definition) is 0. The molecular formula is C7H14NO. The van der Waals surface area contributed by atoms with Crippen molar-refractivity contribution in [1.82, 2.24) is 5.32 Å². The predicted octanol–water partition coefficient (Wildman–Crippen LogP) is 0.646. The van der Waals surface area contributed by atoms with Gasteiger partial charge >= 0.3 is 0 Å². The summed E-state index contributed by atoms with van der Waals surface area (Å²) < 4.78 is 5.25. The lowest BCUT2D eigenvalue weighted by molar-refractivity contribution is 0.0598. The van der Waals surface area contributed by atoms with Gasteiger partial charge in [-0.1, -0.05) is 13.8 Å². The quantitative estimate of drug-likeness (QED) is 0.508. The van der Waals surface area contributed by atoms with Crippen LogP contribution in [0.1, 0.15) is 13.8 Å². The Kier molecular flexibility index (Phi) is 2.49. The molecule has 1 fully saturated rings. The molecule has 0 aromatic rings. The molecule has 1 aliphatic heterocycles. The topological polar surface area (TPSA) is 23.3 Å². The molecule has 1 rings (SSSR count). The van der Waals surface area contributed by atoms with Crippen molar-refractivity contribution in [2.24, 2.45) is 5.92 Å². The Morgan fingerprint density at radius 3 is 2.67 bits per heavy atom. The van der Waals surface area contributed by atoms with Gasteiger partial charge in [-0.15, -0.1) is 0 Å². The van der Waals surface area contributed by atoms with Gasteiger partial charge in [0, 0.05) is 6.54 Å². The Bertz CT molecular complexity index is 77.0. The smallest absolute Gasteiger partial charge is 0.0639 e. The molecular weight excluding hydrogens is 114 g/mol. The third-order valence-electron chi connectivity index (χ3n) is 1.66. The largest absolute Gasteiger partial charge is 0.378 e. The highest BCUT2D eigenvalue weighted by Crippen LogP contribution is 2.05. The standard InChI is InChI=1S/C7H14NO/c1-6(2)7-5-9-4-3-8-7/h6-7H,3-5H2,1-2H3. The fourth-order valence-electron chi connectivity index (χ4n) is 0.943. The van der Waals surface area contributed by atoms with Crippen molar-refractivity contribution >= 4 is 0 Å². The molecule has 9 heavy (non-hydrogen) atoms. The zero-order valence-electron chi connectivity index (χ0n) is 6.13. The summed E-state index contributed by atoms with van der Waals surface area (Å²) in [6.45, 7) is 6.91. The monoisotopic (exact) mass is 128 g/mol. The Morgan fingerprint density at radius 2 is 2.33 bits per heavy atom. The second kappa shape index (κ2) is 3.18. The van der Waals surface area contributed by atoms with E-state index in [4.69, 9.17) is 4.74 Å². The van der Waals surface area contributed by atoms with Crippen LogP contribution in [0.25, 0.3) is 0 Å². The van der Waals surface area contributed by atoms with Crippen molar-refractivity contribution < 1.29 is 4.74 Å². The fourth-order valence-corrected chi connectivity index (χ4v) is 0.943. The Labute approximate surface area is 56.6 Å². The van der Waals surface area contributed by atoms with Gasteiger partial charge in [-0.2, -0.15) is 0 Å². The van der Waals surface area contributed by atoms with Crippen molar-refractivity contribution in [1.29, 1.82) is 0 Å². The van der Waals surface area contributed by atoms with Gasteiger partial charge in [0.2, 0.25) is 0 Å². The minimum atomic E-state index is 0.457. The van der Waals surface area contributed by atoms with Gasteiger partial charge in [-0.3, -0.25) is 0 Å². The molecule has 0 aliphatic carbocycles. The molecule has 0 saturated carbocycles. The maximum atomic E-state index is 5.25. The van der Waals surface area contributed by atoms with E-state index in [0.717, 1.165) is 19.8 Å². The van der Waals surface area contributed by atoms with Gasteiger partial charge in [0.05, 0.1) is 19.3 Å². The number of rotatable bonds is 1. The van der Waals surface area contributed by atoms with E-state index in [1.807, 2.05) is 0 Å². The molecule has 53 valence electrons. The molecule has 0 aromatic heterocycles. The van der Waals surface area contributed by atoms with Crippen LogP contribution in [0.2, 0.25) is 0 Å². The predicted molar refractivity (Wildman–Crippen MR) is 36.4 cm³/mol. The van der Waals surface area contributed by atoms with Gasteiger partial charge in [0.1, 0.15) is 0 Å². The second-order valence-corrected chi connectivity index (χ2v) is 2.79. The molecule has 1 radical (unpaired) electrons. The lowest BCUT2D eigenvalue weighted by Gasteiger charge is -2.24. The molecule has 1 atom stereocenters. The fraction of sp³-hybridized carbons (Fsp3) is 1.00. The third kappa shape index (κ3) is 1.95. The first-order valence-corrected chi connectivity index (χ1v) is 3.55. The molecule has 0 amide bonds. The van der Waals surface area contributed by atoms with E-state index in [1.165, 1.54) is 0 Å². The summed E-state index contributed by atoms with van der Waals surface area (Å²) in [6, 6.07) is 0.457. The number of nitrogens with zero attached hydrogens (tertiary/aromatic N) is 1. The van der Waals surface area contributed by atoms with E-state index in [1.54, 1.807) is 0 Å². The maximum Gasteiger partial charge on any atom is 0.0639 e. The summed E-state index contributed by atoms with van der Waals surface area (Å²) in [5.74, 6) is 0.644. The van der Waals surface area contributed by atoms with Crippen molar-refractivity contribution in [2.45, 2.75) is 19.9 Å². The number of morpholine rings is 1. The molecule has 1 aliphatic rings. The number of hydrogen-bond acceptors (Lipinski definition) is 1. The molecule has 0 bridgehead atoms. The highest BCUT2D eigenvalue weighted by Gasteiger charge is 2.16. The summed E-state index contributed by atoms with van der Waals surface area (Å²) >= 11 is 0. The van der Waals surface area contributed by atoms with Crippen LogP contribution in [-0.2, 0) is 4.74 Å². The average Bonchev–Trinajstić information content (AvgIpc) is 1.90. The second-order valence-electron chi connectivity index (χ2n) is 2.79. The van der Waals surface area contributed by atoms with Gasteiger partial charge in [0.15, 0.2) is 0 Å². The first-order chi connectivity index (χ1) is 4.30. The van der Waals surface area contributed by atoms with Crippen LogP contribution in [0, 0.1) is 5.92 Å². The van der Waals surface area contributed by atoms with Gasteiger partial charge in [-0.25, -0.2) is 5.32 Å². The minimum Gasteiger partial charge on any atom is -0.378 e. The molecule has 0 spiro atoms. The van der Waals surface area contributed by atoms with Crippen LogP contribution in [0.3, 0.4) is 0 Å². The summed E-state index contributed by atoms with van der Waals surface area (Å²) in [4.78, 5) is 0. The van der Waals surface area contributed by atoms with E-state index in [2.05, 4.69) is 19.2 Å². The molecule has 1 saturated heterocycles. The van der Waals surface area contributed by atoms with Crippen LogP contribution in [0.4, 0.5) is 0 Å². The first-order valence-electron chi connectivity index (χ1n) is 3.55. The highest BCUT2D eigenvalue weighted by atomic mass is 16.5. The van der Waals surface area contributed by atoms with E-state index in [0.29, 0.717) is 12.0 Å². The van der Waals surface area contributed by atoms with Crippen molar-refractivity contribution in [2.75, 3.05) is 19.8 Å². The average molecular weight is 128 g/mol. The minimum absolute atomic E-state index is 0.457. The summed E-state index contributed by atoms with van der Waals surface area (Å²) in [7, 11) is 0. The van der Waals surface area contributed by atoms with Crippen LogP contribution in [-0.4, -0.2) is 25.8 Å². The Hall–Kier alpha value is -0.0800. The SMILES string of the molecule is CC(C)C1COCC[N]1. The zero-order chi connectivity index (χ0) is 6.69. The van der Waals surface area contributed by atoms with Crippen LogP contribution >= 0.6 is 0 Å². The Balaban J connectivity index is 2.23. The summed E-state index contributed by atoms with van der Waals surface area (Å²) in [5.41, 5.74) is 0. The van der Waals surface area contributed by atoms with E-state index < -0.39 is 0 Å². The summed E-state index contributed by atoms with van der Waals surface area (Å²) in [5, 5.41) is 4.40. The highest BCUT2D eigenvalue weighted by molar-refractivity contribution is 4.71. The molecule has 1 heterocycles. The normalized spacial score (nSPS) is 29.0. The lowest BCUT2D eigenvalue weighted by Crippen LogP contribution is -2.39. The maximum absolute atomic E-state index is 5.25. The van der Waals surface area contributed by atoms with Crippen molar-refractivity contribution in [3.63, 3.8) is 0 Å². The number of ether oxygens (including phenoxy) is 1. The molecule has 2 nitrogen and oxygen atoms in total. The molecule has 2 heteroatoms. The van der Waals surface area contributed by atoms with Crippen LogP contribution in [0.5, 0.6) is 0 Å². The van der Waals surface area contributed by atoms with E-state index in [9.17, 15) is 0 Å². The van der Waals surface area contributed by atoms with E-state index in [-0.39, 0.29) is 0 Å². The van der Waals surface area contributed by atoms with Gasteiger partial charge in [-0.05, 0) is 5.92 Å². The van der Waals surface area contributed by atoms with Crippen molar-refractivity contribution in [3.05, 3.63) is 0 Å². The first kappa shape index (κ1) is 7.03. The lowest BCUT2D eigenvalue weighted by atomic mass is 10.1. The van der Waals surface area contributed by atoms with Crippen LogP contribution < -0.4 is 5.32 Å². The van der Waals surface area contributed by atoms with Crippen LogP contribution in [0.15, 0.2) is 0 Å². The third-order valence-corrected chi connectivity index (χ3v) is 1.66. The van der Waals surface area contributed by atoms with E-state index >= 15 is 0 Å². The zero-order valence-corrected chi connectivity index (χ0v) is 6.13. The summed E-state index contributed by atoms with van der Waals surface area (Å²) in [6.07, 6.45) is 0. The van der Waals surface area contributed by atoms with Crippen molar-refractivity contribution in [3.8, 4) is 0 Å². The molecule has 0 N–H and O–H groups in total. The Morgan fingerprint density at radius 1 is 1.56 bits per heavy atom. The van der Waals surface area contributed by atoms with Gasteiger partial charge < -0.3 is 4.74 Å². The molecule has 1 unspecified atom stereocenters. The molecule has 0 aromatic carbocycles. The van der Waals surface area contributed by atoms with Gasteiger partial charge in [0.25, 0.3) is 0 Å².